The number of anilines is 1. The Hall–Kier alpha value is -3.93. The molecule has 0 unspecified atom stereocenters. The van der Waals surface area contributed by atoms with Gasteiger partial charge in [-0.2, -0.15) is 14.1 Å². The van der Waals surface area contributed by atoms with Gasteiger partial charge in [-0.25, -0.2) is 13.4 Å². The number of halogens is 1. The van der Waals surface area contributed by atoms with Crippen LogP contribution < -0.4 is 19.9 Å². The smallest absolute Gasteiger partial charge is 0.316 e. The average molecular weight is 608 g/mol. The first kappa shape index (κ1) is 28.2. The van der Waals surface area contributed by atoms with E-state index in [0.29, 0.717) is 41.1 Å². The molecule has 2 aliphatic rings. The van der Waals surface area contributed by atoms with Crippen molar-refractivity contribution in [3.05, 3.63) is 94.5 Å². The third-order valence-electron chi connectivity index (χ3n) is 7.45. The van der Waals surface area contributed by atoms with E-state index in [2.05, 4.69) is 10.1 Å². The van der Waals surface area contributed by atoms with Crippen LogP contribution in [-0.4, -0.2) is 59.8 Å². The molecule has 42 heavy (non-hydrogen) atoms. The van der Waals surface area contributed by atoms with Crippen LogP contribution in [-0.2, 0) is 10.0 Å². The zero-order valence-corrected chi connectivity index (χ0v) is 24.4. The van der Waals surface area contributed by atoms with Crippen LogP contribution in [0.5, 0.6) is 17.4 Å². The van der Waals surface area contributed by atoms with Crippen molar-refractivity contribution in [1.82, 2.24) is 19.1 Å². The van der Waals surface area contributed by atoms with Crippen molar-refractivity contribution in [2.75, 3.05) is 31.1 Å². The fraction of sp³-hybridized carbons (Fsp3) is 0.300. The lowest BCUT2D eigenvalue weighted by atomic mass is 10.2. The van der Waals surface area contributed by atoms with E-state index in [4.69, 9.17) is 21.1 Å². The van der Waals surface area contributed by atoms with Gasteiger partial charge in [0.1, 0.15) is 16.3 Å². The van der Waals surface area contributed by atoms with Crippen molar-refractivity contribution >= 4 is 27.3 Å². The maximum Gasteiger partial charge on any atom is 0.316 e. The highest BCUT2D eigenvalue weighted by Gasteiger charge is 2.31. The fourth-order valence-electron chi connectivity index (χ4n) is 5.24. The molecule has 6 rings (SSSR count). The molecule has 218 valence electrons. The Bertz CT molecular complexity index is 1700. The van der Waals surface area contributed by atoms with Crippen LogP contribution in [0.1, 0.15) is 25.7 Å². The van der Waals surface area contributed by atoms with Gasteiger partial charge in [0, 0.05) is 37.3 Å². The molecule has 10 nitrogen and oxygen atoms in total. The largest absolute Gasteiger partial charge is 0.483 e. The summed E-state index contributed by atoms with van der Waals surface area (Å²) in [5.74, 6) is 1.15. The van der Waals surface area contributed by atoms with E-state index in [1.807, 2.05) is 23.1 Å². The number of benzene rings is 2. The maximum absolute atomic E-state index is 13.7. The number of pyridine rings is 1. The summed E-state index contributed by atoms with van der Waals surface area (Å²) in [5.41, 5.74) is 0.729. The van der Waals surface area contributed by atoms with E-state index >= 15 is 0 Å². The molecule has 0 bridgehead atoms. The molecule has 1 aliphatic carbocycles. The first-order valence-electron chi connectivity index (χ1n) is 13.9. The van der Waals surface area contributed by atoms with Crippen molar-refractivity contribution < 1.29 is 17.9 Å². The standard InChI is InChI=1S/C30H30ClN5O5S/c31-22-7-6-8-23(19-22)36-30(37)29(41-25-11-4-5-12-25)27(21-33-36)34-15-17-35(18-16-34)42(38,39)26-13-14-28(32-20-26)40-24-9-2-1-3-10-24/h1-3,6-10,13-14,19-21,25H,4-5,11-12,15-18H2. The molecule has 1 saturated heterocycles. The van der Waals surface area contributed by atoms with Crippen molar-refractivity contribution in [2.24, 2.45) is 0 Å². The Morgan fingerprint density at radius 3 is 2.33 bits per heavy atom. The molecule has 3 heterocycles. The number of ether oxygens (including phenoxy) is 2. The number of aromatic nitrogens is 3. The SMILES string of the molecule is O=c1c(OC2CCCC2)c(N2CCN(S(=O)(=O)c3ccc(Oc4ccccc4)nc3)CC2)cnn1-c1cccc(Cl)c1. The second-order valence-electron chi connectivity index (χ2n) is 10.2. The number of piperazine rings is 1. The monoisotopic (exact) mass is 607 g/mol. The van der Waals surface area contributed by atoms with E-state index in [1.54, 1.807) is 48.7 Å². The lowest BCUT2D eigenvalue weighted by Crippen LogP contribution is -2.49. The molecule has 0 N–H and O–H groups in total. The number of nitrogens with zero attached hydrogens (tertiary/aromatic N) is 5. The topological polar surface area (TPSA) is 107 Å². The number of hydrogen-bond donors (Lipinski definition) is 0. The van der Waals surface area contributed by atoms with Gasteiger partial charge >= 0.3 is 5.56 Å². The molecule has 2 aromatic heterocycles. The Morgan fingerprint density at radius 1 is 0.881 bits per heavy atom. The van der Waals surface area contributed by atoms with E-state index in [0.717, 1.165) is 25.7 Å². The minimum Gasteiger partial charge on any atom is -0.483 e. The second kappa shape index (κ2) is 12.1. The zero-order valence-electron chi connectivity index (χ0n) is 22.8. The summed E-state index contributed by atoms with van der Waals surface area (Å²) in [6.07, 6.45) is 6.76. The van der Waals surface area contributed by atoms with E-state index in [9.17, 15) is 13.2 Å². The quantitative estimate of drug-likeness (QED) is 0.278. The van der Waals surface area contributed by atoms with Crippen LogP contribution in [0.3, 0.4) is 0 Å². The Kier molecular flexibility index (Phi) is 8.14. The first-order valence-corrected chi connectivity index (χ1v) is 15.7. The molecule has 4 aromatic rings. The van der Waals surface area contributed by atoms with Gasteiger partial charge in [0.05, 0.1) is 24.2 Å². The molecule has 2 fully saturated rings. The molecule has 1 aliphatic heterocycles. The summed E-state index contributed by atoms with van der Waals surface area (Å²) in [6, 6.07) is 19.1. The fourth-order valence-corrected chi connectivity index (χ4v) is 6.79. The molecule has 12 heteroatoms. The second-order valence-corrected chi connectivity index (χ2v) is 12.6. The highest BCUT2D eigenvalue weighted by atomic mass is 35.5. The third-order valence-corrected chi connectivity index (χ3v) is 9.56. The predicted molar refractivity (Wildman–Crippen MR) is 159 cm³/mol. The van der Waals surface area contributed by atoms with Crippen molar-refractivity contribution in [1.29, 1.82) is 0 Å². The number of rotatable bonds is 8. The maximum atomic E-state index is 13.7. The Balaban J connectivity index is 1.20. The summed E-state index contributed by atoms with van der Waals surface area (Å²) in [4.78, 5) is 19.9. The van der Waals surface area contributed by atoms with E-state index in [1.165, 1.54) is 21.3 Å². The lowest BCUT2D eigenvalue weighted by Gasteiger charge is -2.35. The van der Waals surface area contributed by atoms with Crippen molar-refractivity contribution in [2.45, 2.75) is 36.7 Å². The van der Waals surface area contributed by atoms with Crippen LogP contribution in [0.15, 0.2) is 88.8 Å². The molecular weight excluding hydrogens is 578 g/mol. The average Bonchev–Trinajstić information content (AvgIpc) is 3.52. The normalized spacial score (nSPS) is 16.5. The van der Waals surface area contributed by atoms with Gasteiger partial charge in [-0.05, 0) is 62.1 Å². The van der Waals surface area contributed by atoms with Crippen LogP contribution in [0.2, 0.25) is 5.02 Å². The Morgan fingerprint density at radius 2 is 1.64 bits per heavy atom. The van der Waals surface area contributed by atoms with Gasteiger partial charge in [0.25, 0.3) is 0 Å². The van der Waals surface area contributed by atoms with Gasteiger partial charge in [-0.15, -0.1) is 0 Å². The lowest BCUT2D eigenvalue weighted by molar-refractivity contribution is 0.205. The number of para-hydroxylation sites is 1. The van der Waals surface area contributed by atoms with Crippen LogP contribution in [0.25, 0.3) is 5.69 Å². The van der Waals surface area contributed by atoms with Crippen LogP contribution in [0.4, 0.5) is 5.69 Å². The van der Waals surface area contributed by atoms with Gasteiger partial charge < -0.3 is 14.4 Å². The molecule has 0 spiro atoms. The van der Waals surface area contributed by atoms with Crippen molar-refractivity contribution in [3.63, 3.8) is 0 Å². The Labute approximate surface area is 249 Å². The minimum atomic E-state index is -3.78. The molecule has 0 atom stereocenters. The van der Waals surface area contributed by atoms with Crippen LogP contribution in [0, 0.1) is 0 Å². The third kappa shape index (κ3) is 5.99. The van der Waals surface area contributed by atoms with Gasteiger partial charge in [0.2, 0.25) is 21.7 Å². The summed E-state index contributed by atoms with van der Waals surface area (Å²) >= 11 is 6.17. The van der Waals surface area contributed by atoms with Gasteiger partial charge in [-0.3, -0.25) is 4.79 Å². The van der Waals surface area contributed by atoms with E-state index < -0.39 is 10.0 Å². The number of sulfonamides is 1. The van der Waals surface area contributed by atoms with Crippen LogP contribution >= 0.6 is 11.6 Å². The molecular formula is C30H30ClN5O5S. The highest BCUT2D eigenvalue weighted by Crippen LogP contribution is 2.31. The molecule has 0 amide bonds. The van der Waals surface area contributed by atoms with E-state index in [-0.39, 0.29) is 35.4 Å². The summed E-state index contributed by atoms with van der Waals surface area (Å²) in [7, 11) is -3.78. The summed E-state index contributed by atoms with van der Waals surface area (Å²) in [5, 5.41) is 4.92. The molecule has 2 aromatic carbocycles. The molecule has 1 saturated carbocycles. The zero-order chi connectivity index (χ0) is 29.1. The highest BCUT2D eigenvalue weighted by molar-refractivity contribution is 7.89. The minimum absolute atomic E-state index is 0.0466. The summed E-state index contributed by atoms with van der Waals surface area (Å²) in [6.45, 7) is 1.19. The predicted octanol–water partition coefficient (Wildman–Crippen LogP) is 4.91. The van der Waals surface area contributed by atoms with Crippen molar-refractivity contribution in [3.8, 4) is 23.1 Å². The van der Waals surface area contributed by atoms with Gasteiger partial charge in [0.15, 0.2) is 0 Å². The first-order chi connectivity index (χ1) is 20.4. The summed E-state index contributed by atoms with van der Waals surface area (Å²) < 4.78 is 41.5. The number of hydrogen-bond acceptors (Lipinski definition) is 8. The van der Waals surface area contributed by atoms with Gasteiger partial charge in [-0.1, -0.05) is 35.9 Å². The molecule has 0 radical (unpaired) electrons.